The molecule has 0 spiro atoms. The van der Waals surface area contributed by atoms with Gasteiger partial charge < -0.3 is 10.2 Å². The van der Waals surface area contributed by atoms with E-state index in [0.29, 0.717) is 19.0 Å². The third kappa shape index (κ3) is 3.05. The quantitative estimate of drug-likeness (QED) is 0.851. The lowest BCUT2D eigenvalue weighted by atomic mass is 9.99. The minimum Gasteiger partial charge on any atom is -0.333 e. The van der Waals surface area contributed by atoms with Gasteiger partial charge in [0, 0.05) is 25.2 Å². The summed E-state index contributed by atoms with van der Waals surface area (Å²) in [5.41, 5.74) is -0.426. The summed E-state index contributed by atoms with van der Waals surface area (Å²) >= 11 is 0. The van der Waals surface area contributed by atoms with Crippen LogP contribution in [0.1, 0.15) is 31.1 Å². The Morgan fingerprint density at radius 3 is 2.57 bits per heavy atom. The Bertz CT molecular complexity index is 548. The highest BCUT2D eigenvalue weighted by Gasteiger charge is 2.32. The standard InChI is InChI=1S/C15H19F3N2O/c1-8(2)12-7-20(9(3)6-19-12)15(21)10-4-5-11(16)14(18)13(10)17/h4-5,8-9,12,19H,6-7H2,1-3H3. The summed E-state index contributed by atoms with van der Waals surface area (Å²) in [6.45, 7) is 6.87. The highest BCUT2D eigenvalue weighted by molar-refractivity contribution is 5.94. The molecule has 1 aliphatic rings. The Labute approximate surface area is 122 Å². The topological polar surface area (TPSA) is 32.3 Å². The van der Waals surface area contributed by atoms with Crippen molar-refractivity contribution in [1.82, 2.24) is 10.2 Å². The number of nitrogens with zero attached hydrogens (tertiary/aromatic N) is 1. The maximum Gasteiger partial charge on any atom is 0.257 e. The van der Waals surface area contributed by atoms with E-state index < -0.39 is 28.9 Å². The average molecular weight is 300 g/mol. The van der Waals surface area contributed by atoms with Crippen LogP contribution in [0, 0.1) is 23.4 Å². The number of nitrogens with one attached hydrogen (secondary N) is 1. The molecule has 3 nitrogen and oxygen atoms in total. The molecule has 0 radical (unpaired) electrons. The van der Waals surface area contributed by atoms with Gasteiger partial charge in [0.1, 0.15) is 0 Å². The van der Waals surface area contributed by atoms with Crippen molar-refractivity contribution in [2.75, 3.05) is 13.1 Å². The number of hydrogen-bond acceptors (Lipinski definition) is 2. The fraction of sp³-hybridized carbons (Fsp3) is 0.533. The molecular formula is C15H19F3N2O. The van der Waals surface area contributed by atoms with Crippen molar-refractivity contribution in [3.05, 3.63) is 35.1 Å². The minimum atomic E-state index is -1.61. The van der Waals surface area contributed by atoms with E-state index in [2.05, 4.69) is 5.32 Å². The first-order valence-electron chi connectivity index (χ1n) is 7.00. The number of benzene rings is 1. The zero-order chi connectivity index (χ0) is 15.7. The molecule has 21 heavy (non-hydrogen) atoms. The first-order valence-corrected chi connectivity index (χ1v) is 7.00. The normalized spacial score (nSPS) is 22.7. The Balaban J connectivity index is 2.28. The van der Waals surface area contributed by atoms with Gasteiger partial charge in [0.25, 0.3) is 5.91 Å². The molecular weight excluding hydrogens is 281 g/mol. The molecule has 0 bridgehead atoms. The third-order valence-corrected chi connectivity index (χ3v) is 3.93. The number of amides is 1. The minimum absolute atomic E-state index is 0.0958. The van der Waals surface area contributed by atoms with Crippen LogP contribution in [0.3, 0.4) is 0 Å². The second-order valence-corrected chi connectivity index (χ2v) is 5.79. The summed E-state index contributed by atoms with van der Waals surface area (Å²) in [6.07, 6.45) is 0. The number of carbonyl (C=O) groups is 1. The van der Waals surface area contributed by atoms with Gasteiger partial charge in [-0.1, -0.05) is 13.8 Å². The summed E-state index contributed by atoms with van der Waals surface area (Å²) in [5, 5.41) is 3.32. The molecule has 1 saturated heterocycles. The van der Waals surface area contributed by atoms with E-state index in [4.69, 9.17) is 0 Å². The number of rotatable bonds is 2. The molecule has 2 atom stereocenters. The zero-order valence-corrected chi connectivity index (χ0v) is 12.3. The van der Waals surface area contributed by atoms with Gasteiger partial charge in [0.05, 0.1) is 5.56 Å². The largest absolute Gasteiger partial charge is 0.333 e. The van der Waals surface area contributed by atoms with E-state index in [1.54, 1.807) is 0 Å². The zero-order valence-electron chi connectivity index (χ0n) is 12.3. The lowest BCUT2D eigenvalue weighted by molar-refractivity contribution is 0.0573. The maximum absolute atomic E-state index is 13.8. The first kappa shape index (κ1) is 15.8. The maximum atomic E-state index is 13.8. The average Bonchev–Trinajstić information content (AvgIpc) is 2.44. The van der Waals surface area contributed by atoms with Gasteiger partial charge in [0.2, 0.25) is 0 Å². The Hall–Kier alpha value is -1.56. The Morgan fingerprint density at radius 2 is 1.95 bits per heavy atom. The fourth-order valence-electron chi connectivity index (χ4n) is 2.46. The second kappa shape index (κ2) is 6.05. The van der Waals surface area contributed by atoms with Crippen LogP contribution >= 0.6 is 0 Å². The smallest absolute Gasteiger partial charge is 0.257 e. The van der Waals surface area contributed by atoms with Gasteiger partial charge in [-0.25, -0.2) is 13.2 Å². The van der Waals surface area contributed by atoms with Crippen molar-refractivity contribution in [3.63, 3.8) is 0 Å². The van der Waals surface area contributed by atoms with Crippen LogP contribution in [-0.4, -0.2) is 36.0 Å². The van der Waals surface area contributed by atoms with Crippen molar-refractivity contribution in [3.8, 4) is 0 Å². The van der Waals surface area contributed by atoms with Crippen LogP contribution in [0.15, 0.2) is 12.1 Å². The van der Waals surface area contributed by atoms with E-state index >= 15 is 0 Å². The van der Waals surface area contributed by atoms with Gasteiger partial charge in [0.15, 0.2) is 17.5 Å². The molecule has 1 heterocycles. The van der Waals surface area contributed by atoms with Gasteiger partial charge in [-0.3, -0.25) is 4.79 Å². The van der Waals surface area contributed by atoms with E-state index in [9.17, 15) is 18.0 Å². The Morgan fingerprint density at radius 1 is 1.29 bits per heavy atom. The SMILES string of the molecule is CC(C)C1CN(C(=O)c2ccc(F)c(F)c2F)C(C)CN1. The van der Waals surface area contributed by atoms with Crippen LogP contribution in [0.25, 0.3) is 0 Å². The van der Waals surface area contributed by atoms with Crippen LogP contribution in [0.5, 0.6) is 0 Å². The summed E-state index contributed by atoms with van der Waals surface area (Å²) in [6, 6.07) is 1.73. The Kier molecular flexibility index (Phi) is 4.56. The highest BCUT2D eigenvalue weighted by atomic mass is 19.2. The number of halogens is 3. The second-order valence-electron chi connectivity index (χ2n) is 5.79. The van der Waals surface area contributed by atoms with Crippen LogP contribution in [0.2, 0.25) is 0 Å². The fourth-order valence-corrected chi connectivity index (χ4v) is 2.46. The van der Waals surface area contributed by atoms with Crippen molar-refractivity contribution in [2.24, 2.45) is 5.92 Å². The third-order valence-electron chi connectivity index (χ3n) is 3.93. The van der Waals surface area contributed by atoms with Crippen LogP contribution < -0.4 is 5.32 Å². The van der Waals surface area contributed by atoms with Crippen LogP contribution in [-0.2, 0) is 0 Å². The van der Waals surface area contributed by atoms with E-state index in [1.165, 1.54) is 4.90 Å². The molecule has 6 heteroatoms. The highest BCUT2D eigenvalue weighted by Crippen LogP contribution is 2.20. The summed E-state index contributed by atoms with van der Waals surface area (Å²) in [4.78, 5) is 13.9. The molecule has 0 aromatic heterocycles. The van der Waals surface area contributed by atoms with Gasteiger partial charge in [-0.15, -0.1) is 0 Å². The lowest BCUT2D eigenvalue weighted by Gasteiger charge is -2.40. The summed E-state index contributed by atoms with van der Waals surface area (Å²) in [7, 11) is 0. The van der Waals surface area contributed by atoms with Gasteiger partial charge >= 0.3 is 0 Å². The van der Waals surface area contributed by atoms with Crippen LogP contribution in [0.4, 0.5) is 13.2 Å². The van der Waals surface area contributed by atoms with Crippen molar-refractivity contribution in [1.29, 1.82) is 0 Å². The molecule has 0 aliphatic carbocycles. The molecule has 1 N–H and O–H groups in total. The predicted molar refractivity (Wildman–Crippen MR) is 73.4 cm³/mol. The van der Waals surface area contributed by atoms with E-state index in [0.717, 1.165) is 12.1 Å². The van der Waals surface area contributed by atoms with Crippen molar-refractivity contribution < 1.29 is 18.0 Å². The van der Waals surface area contributed by atoms with Crippen molar-refractivity contribution >= 4 is 5.91 Å². The number of carbonyl (C=O) groups excluding carboxylic acids is 1. The lowest BCUT2D eigenvalue weighted by Crippen LogP contribution is -2.58. The molecule has 1 amide bonds. The monoisotopic (exact) mass is 300 g/mol. The molecule has 2 rings (SSSR count). The summed E-state index contributed by atoms with van der Waals surface area (Å²) in [5.74, 6) is -4.62. The molecule has 1 aromatic rings. The molecule has 1 aromatic carbocycles. The van der Waals surface area contributed by atoms with Gasteiger partial charge in [-0.05, 0) is 25.0 Å². The predicted octanol–water partition coefficient (Wildman–Crippen LogP) is 2.56. The molecule has 116 valence electrons. The molecule has 0 saturated carbocycles. The van der Waals surface area contributed by atoms with E-state index in [1.807, 2.05) is 20.8 Å². The van der Waals surface area contributed by atoms with Gasteiger partial charge in [-0.2, -0.15) is 0 Å². The summed E-state index contributed by atoms with van der Waals surface area (Å²) < 4.78 is 40.0. The first-order chi connectivity index (χ1) is 9.82. The van der Waals surface area contributed by atoms with E-state index in [-0.39, 0.29) is 12.1 Å². The number of piperazine rings is 1. The molecule has 1 fully saturated rings. The molecule has 2 unspecified atom stereocenters. The van der Waals surface area contributed by atoms with Crippen molar-refractivity contribution in [2.45, 2.75) is 32.9 Å². The molecule has 1 aliphatic heterocycles. The number of hydrogen-bond donors (Lipinski definition) is 1.